The van der Waals surface area contributed by atoms with E-state index in [4.69, 9.17) is 15.2 Å². The Bertz CT molecular complexity index is 371. The molecule has 1 fully saturated rings. The Kier molecular flexibility index (Phi) is 6.47. The molecule has 1 aromatic rings. The van der Waals surface area contributed by atoms with E-state index in [1.54, 1.807) is 0 Å². The number of aliphatic hydroxyl groups excluding tert-OH is 1. The number of ether oxygens (including phenoxy) is 2. The van der Waals surface area contributed by atoms with Crippen molar-refractivity contribution in [2.75, 3.05) is 13.2 Å². The molecule has 0 amide bonds. The van der Waals surface area contributed by atoms with Crippen LogP contribution in [0.5, 0.6) is 0 Å². The number of nitrogens with two attached hydrogens (primary N) is 1. The SMILES string of the molecule is NC1CCCCC1OCC(O)COCc1ccccc1. The molecule has 0 aromatic heterocycles. The van der Waals surface area contributed by atoms with Gasteiger partial charge in [-0.2, -0.15) is 0 Å². The van der Waals surface area contributed by atoms with E-state index >= 15 is 0 Å². The summed E-state index contributed by atoms with van der Waals surface area (Å²) in [6.07, 6.45) is 3.87. The molecule has 0 spiro atoms. The fourth-order valence-electron chi connectivity index (χ4n) is 2.50. The topological polar surface area (TPSA) is 64.7 Å². The molecule has 1 saturated carbocycles. The van der Waals surface area contributed by atoms with Crippen LogP contribution in [0.3, 0.4) is 0 Å². The summed E-state index contributed by atoms with van der Waals surface area (Å²) in [6, 6.07) is 10.0. The quantitative estimate of drug-likeness (QED) is 0.799. The van der Waals surface area contributed by atoms with Crippen LogP contribution in [0.2, 0.25) is 0 Å². The van der Waals surface area contributed by atoms with Gasteiger partial charge in [-0.05, 0) is 18.4 Å². The van der Waals surface area contributed by atoms with E-state index in [-0.39, 0.29) is 18.8 Å². The highest BCUT2D eigenvalue weighted by atomic mass is 16.5. The molecule has 0 bridgehead atoms. The van der Waals surface area contributed by atoms with E-state index in [0.717, 1.165) is 18.4 Å². The van der Waals surface area contributed by atoms with Gasteiger partial charge in [0.15, 0.2) is 0 Å². The highest BCUT2D eigenvalue weighted by Gasteiger charge is 2.23. The molecule has 0 radical (unpaired) electrons. The van der Waals surface area contributed by atoms with Gasteiger partial charge in [-0.15, -0.1) is 0 Å². The molecule has 4 nitrogen and oxygen atoms in total. The minimum Gasteiger partial charge on any atom is -0.388 e. The molecule has 0 heterocycles. The standard InChI is InChI=1S/C16H25NO3/c17-15-8-4-5-9-16(15)20-12-14(18)11-19-10-13-6-2-1-3-7-13/h1-3,6-7,14-16,18H,4-5,8-12,17H2. The highest BCUT2D eigenvalue weighted by Crippen LogP contribution is 2.19. The van der Waals surface area contributed by atoms with Crippen LogP contribution < -0.4 is 5.73 Å². The molecular weight excluding hydrogens is 254 g/mol. The second kappa shape index (κ2) is 8.37. The summed E-state index contributed by atoms with van der Waals surface area (Å²) < 4.78 is 11.2. The summed E-state index contributed by atoms with van der Waals surface area (Å²) in [4.78, 5) is 0. The van der Waals surface area contributed by atoms with E-state index in [0.29, 0.717) is 13.2 Å². The molecule has 4 heteroatoms. The minimum absolute atomic E-state index is 0.0903. The van der Waals surface area contributed by atoms with E-state index in [9.17, 15) is 5.11 Å². The van der Waals surface area contributed by atoms with Crippen LogP contribution in [0.4, 0.5) is 0 Å². The molecule has 20 heavy (non-hydrogen) atoms. The fraction of sp³-hybridized carbons (Fsp3) is 0.625. The lowest BCUT2D eigenvalue weighted by atomic mass is 9.93. The summed E-state index contributed by atoms with van der Waals surface area (Å²) in [6.45, 7) is 1.10. The van der Waals surface area contributed by atoms with E-state index in [1.807, 2.05) is 30.3 Å². The van der Waals surface area contributed by atoms with Crippen molar-refractivity contribution >= 4 is 0 Å². The van der Waals surface area contributed by atoms with Crippen LogP contribution in [0.15, 0.2) is 30.3 Å². The van der Waals surface area contributed by atoms with Crippen molar-refractivity contribution in [1.29, 1.82) is 0 Å². The van der Waals surface area contributed by atoms with Crippen molar-refractivity contribution in [2.24, 2.45) is 5.73 Å². The van der Waals surface area contributed by atoms with E-state index < -0.39 is 6.10 Å². The van der Waals surface area contributed by atoms with Gasteiger partial charge < -0.3 is 20.3 Å². The van der Waals surface area contributed by atoms with Crippen molar-refractivity contribution in [2.45, 2.75) is 50.5 Å². The molecule has 1 aliphatic carbocycles. The normalized spacial score (nSPS) is 24.5. The van der Waals surface area contributed by atoms with Crippen LogP contribution in [0.1, 0.15) is 31.2 Å². The second-order valence-electron chi connectivity index (χ2n) is 5.47. The van der Waals surface area contributed by atoms with Gasteiger partial charge in [0.1, 0.15) is 6.10 Å². The van der Waals surface area contributed by atoms with Crippen LogP contribution in [-0.2, 0) is 16.1 Å². The zero-order valence-electron chi connectivity index (χ0n) is 11.9. The largest absolute Gasteiger partial charge is 0.388 e. The second-order valence-corrected chi connectivity index (χ2v) is 5.47. The van der Waals surface area contributed by atoms with E-state index in [1.165, 1.54) is 12.8 Å². The first-order valence-electron chi connectivity index (χ1n) is 7.42. The lowest BCUT2D eigenvalue weighted by Crippen LogP contribution is -2.41. The first-order valence-corrected chi connectivity index (χ1v) is 7.42. The van der Waals surface area contributed by atoms with Gasteiger partial charge in [0.05, 0.1) is 25.9 Å². The zero-order chi connectivity index (χ0) is 14.2. The highest BCUT2D eigenvalue weighted by molar-refractivity contribution is 5.13. The van der Waals surface area contributed by atoms with Crippen LogP contribution in [-0.4, -0.2) is 36.6 Å². The maximum absolute atomic E-state index is 9.85. The first kappa shape index (κ1) is 15.4. The Morgan fingerprint density at radius 3 is 2.65 bits per heavy atom. The molecule has 2 rings (SSSR count). The predicted molar refractivity (Wildman–Crippen MR) is 78.3 cm³/mol. The third-order valence-electron chi connectivity index (χ3n) is 3.68. The van der Waals surface area contributed by atoms with Gasteiger partial charge in [0, 0.05) is 6.04 Å². The zero-order valence-corrected chi connectivity index (χ0v) is 11.9. The number of hydrogen-bond acceptors (Lipinski definition) is 4. The summed E-state index contributed by atoms with van der Waals surface area (Å²) in [5.74, 6) is 0. The number of hydrogen-bond donors (Lipinski definition) is 2. The molecule has 1 aromatic carbocycles. The Labute approximate surface area is 120 Å². The van der Waals surface area contributed by atoms with Gasteiger partial charge in [0.25, 0.3) is 0 Å². The van der Waals surface area contributed by atoms with Gasteiger partial charge in [-0.3, -0.25) is 0 Å². The lowest BCUT2D eigenvalue weighted by molar-refractivity contribution is -0.0606. The first-order chi connectivity index (χ1) is 9.75. The summed E-state index contributed by atoms with van der Waals surface area (Å²) in [5, 5.41) is 9.85. The average Bonchev–Trinajstić information content (AvgIpc) is 2.47. The van der Waals surface area contributed by atoms with Crippen molar-refractivity contribution in [3.63, 3.8) is 0 Å². The Morgan fingerprint density at radius 1 is 1.15 bits per heavy atom. The van der Waals surface area contributed by atoms with Crippen LogP contribution in [0.25, 0.3) is 0 Å². The maximum Gasteiger partial charge on any atom is 0.101 e. The number of benzene rings is 1. The van der Waals surface area contributed by atoms with Crippen molar-refractivity contribution in [3.8, 4) is 0 Å². The summed E-state index contributed by atoms with van der Waals surface area (Å²) >= 11 is 0. The van der Waals surface area contributed by atoms with Gasteiger partial charge in [-0.25, -0.2) is 0 Å². The Morgan fingerprint density at radius 2 is 1.90 bits per heavy atom. The van der Waals surface area contributed by atoms with Gasteiger partial charge >= 0.3 is 0 Å². The molecule has 3 N–H and O–H groups in total. The molecule has 0 saturated heterocycles. The molecule has 3 atom stereocenters. The van der Waals surface area contributed by atoms with E-state index in [2.05, 4.69) is 0 Å². The minimum atomic E-state index is -0.590. The summed E-state index contributed by atoms with van der Waals surface area (Å²) in [5.41, 5.74) is 7.11. The monoisotopic (exact) mass is 279 g/mol. The molecule has 3 unspecified atom stereocenters. The average molecular weight is 279 g/mol. The summed E-state index contributed by atoms with van der Waals surface area (Å²) in [7, 11) is 0. The molecular formula is C16H25NO3. The number of aliphatic hydroxyl groups is 1. The fourth-order valence-corrected chi connectivity index (χ4v) is 2.50. The molecule has 0 aliphatic heterocycles. The molecule has 1 aliphatic rings. The Balaban J connectivity index is 1.59. The van der Waals surface area contributed by atoms with Gasteiger partial charge in [-0.1, -0.05) is 43.2 Å². The van der Waals surface area contributed by atoms with Crippen molar-refractivity contribution in [1.82, 2.24) is 0 Å². The third-order valence-corrected chi connectivity index (χ3v) is 3.68. The predicted octanol–water partition coefficient (Wildman–Crippen LogP) is 1.85. The Hall–Kier alpha value is -0.940. The third kappa shape index (κ3) is 5.21. The van der Waals surface area contributed by atoms with Crippen LogP contribution >= 0.6 is 0 Å². The van der Waals surface area contributed by atoms with Crippen molar-refractivity contribution < 1.29 is 14.6 Å². The maximum atomic E-state index is 9.85. The lowest BCUT2D eigenvalue weighted by Gasteiger charge is -2.29. The van der Waals surface area contributed by atoms with Crippen LogP contribution in [0, 0.1) is 0 Å². The molecule has 112 valence electrons. The smallest absolute Gasteiger partial charge is 0.101 e. The van der Waals surface area contributed by atoms with Gasteiger partial charge in [0.2, 0.25) is 0 Å². The number of rotatable bonds is 7. The van der Waals surface area contributed by atoms with Crippen molar-refractivity contribution in [3.05, 3.63) is 35.9 Å².